The molecule has 1 fully saturated rings. The van der Waals surface area contributed by atoms with Gasteiger partial charge in [0.25, 0.3) is 0 Å². The second-order valence-electron chi connectivity index (χ2n) is 6.10. The van der Waals surface area contributed by atoms with E-state index in [1.165, 1.54) is 50.0 Å². The van der Waals surface area contributed by atoms with Crippen LogP contribution in [-0.2, 0) is 5.88 Å². The Morgan fingerprint density at radius 3 is 2.71 bits per heavy atom. The number of benzene rings is 1. The van der Waals surface area contributed by atoms with E-state index in [0.717, 1.165) is 11.3 Å². The van der Waals surface area contributed by atoms with Crippen molar-refractivity contribution in [3.05, 3.63) is 29.6 Å². The van der Waals surface area contributed by atoms with Gasteiger partial charge in [-0.2, -0.15) is 0 Å². The zero-order chi connectivity index (χ0) is 14.8. The predicted octanol–water partition coefficient (Wildman–Crippen LogP) is 4.13. The molecule has 114 valence electrons. The molecule has 1 aromatic heterocycles. The van der Waals surface area contributed by atoms with Crippen molar-refractivity contribution in [2.75, 3.05) is 19.6 Å². The Kier molecular flexibility index (Phi) is 4.51. The molecular formula is C17H24ClN3. The molecule has 0 bridgehead atoms. The van der Waals surface area contributed by atoms with Crippen molar-refractivity contribution >= 4 is 22.6 Å². The molecule has 4 heteroatoms. The van der Waals surface area contributed by atoms with Crippen molar-refractivity contribution in [1.29, 1.82) is 0 Å². The van der Waals surface area contributed by atoms with Crippen LogP contribution in [0.3, 0.4) is 0 Å². The molecule has 0 unspecified atom stereocenters. The van der Waals surface area contributed by atoms with Gasteiger partial charge in [0.1, 0.15) is 5.82 Å². The Labute approximate surface area is 131 Å². The zero-order valence-corrected chi connectivity index (χ0v) is 13.7. The molecule has 1 saturated heterocycles. The minimum absolute atomic E-state index is 0.489. The zero-order valence-electron chi connectivity index (χ0n) is 13.0. The molecule has 3 nitrogen and oxygen atoms in total. The number of imidazole rings is 1. The topological polar surface area (TPSA) is 21.1 Å². The lowest BCUT2D eigenvalue weighted by atomic mass is 10.0. The number of likely N-dealkylation sites (tertiary alicyclic amines) is 1. The van der Waals surface area contributed by atoms with Gasteiger partial charge >= 0.3 is 0 Å². The van der Waals surface area contributed by atoms with Gasteiger partial charge < -0.3 is 9.47 Å². The largest absolute Gasteiger partial charge is 0.324 e. The first-order valence-corrected chi connectivity index (χ1v) is 8.52. The van der Waals surface area contributed by atoms with E-state index in [-0.39, 0.29) is 0 Å². The standard InChI is InChI=1S/C17H24ClN3/c1-3-8-20-9-6-14(7-10-20)21-16-5-4-13(2)11-15(16)19-17(21)12-18/h4-5,11,14H,3,6-10,12H2,1-2H3. The molecule has 0 N–H and O–H groups in total. The lowest BCUT2D eigenvalue weighted by molar-refractivity contribution is 0.187. The lowest BCUT2D eigenvalue weighted by Gasteiger charge is -2.33. The summed E-state index contributed by atoms with van der Waals surface area (Å²) in [6.45, 7) is 7.96. The maximum Gasteiger partial charge on any atom is 0.125 e. The highest BCUT2D eigenvalue weighted by Crippen LogP contribution is 2.30. The highest BCUT2D eigenvalue weighted by molar-refractivity contribution is 6.16. The molecular weight excluding hydrogens is 282 g/mol. The summed E-state index contributed by atoms with van der Waals surface area (Å²) in [4.78, 5) is 7.31. The average Bonchev–Trinajstić information content (AvgIpc) is 2.86. The highest BCUT2D eigenvalue weighted by atomic mass is 35.5. The number of halogens is 1. The van der Waals surface area contributed by atoms with Crippen LogP contribution in [0.15, 0.2) is 18.2 Å². The molecule has 21 heavy (non-hydrogen) atoms. The summed E-state index contributed by atoms with van der Waals surface area (Å²) in [7, 11) is 0. The first-order chi connectivity index (χ1) is 10.2. The molecule has 0 aliphatic carbocycles. The third-order valence-electron chi connectivity index (χ3n) is 4.50. The van der Waals surface area contributed by atoms with Gasteiger partial charge in [0.2, 0.25) is 0 Å². The number of alkyl halides is 1. The van der Waals surface area contributed by atoms with Crippen LogP contribution in [-0.4, -0.2) is 34.1 Å². The van der Waals surface area contributed by atoms with Crippen molar-refractivity contribution in [3.63, 3.8) is 0 Å². The minimum Gasteiger partial charge on any atom is -0.324 e. The molecule has 0 amide bonds. The third kappa shape index (κ3) is 2.95. The smallest absolute Gasteiger partial charge is 0.125 e. The van der Waals surface area contributed by atoms with Crippen LogP contribution in [0.25, 0.3) is 11.0 Å². The molecule has 0 saturated carbocycles. The van der Waals surface area contributed by atoms with Crippen LogP contribution in [0, 0.1) is 6.92 Å². The lowest BCUT2D eigenvalue weighted by Crippen LogP contribution is -2.35. The van der Waals surface area contributed by atoms with Gasteiger partial charge in [-0.15, -0.1) is 11.6 Å². The van der Waals surface area contributed by atoms with Crippen LogP contribution in [0.1, 0.15) is 43.6 Å². The summed E-state index contributed by atoms with van der Waals surface area (Å²) in [6.07, 6.45) is 3.64. The molecule has 1 aromatic carbocycles. The average molecular weight is 306 g/mol. The fourth-order valence-electron chi connectivity index (χ4n) is 3.48. The number of piperidine rings is 1. The number of nitrogens with zero attached hydrogens (tertiary/aromatic N) is 3. The number of hydrogen-bond acceptors (Lipinski definition) is 2. The van der Waals surface area contributed by atoms with E-state index in [2.05, 4.69) is 41.5 Å². The van der Waals surface area contributed by atoms with Crippen molar-refractivity contribution in [1.82, 2.24) is 14.5 Å². The van der Waals surface area contributed by atoms with Gasteiger partial charge in [-0.3, -0.25) is 0 Å². The Bertz CT molecular complexity index is 612. The van der Waals surface area contributed by atoms with E-state index in [0.29, 0.717) is 11.9 Å². The molecule has 2 heterocycles. The number of aryl methyl sites for hydroxylation is 1. The summed E-state index contributed by atoms with van der Waals surface area (Å²) < 4.78 is 2.39. The molecule has 0 radical (unpaired) electrons. The van der Waals surface area contributed by atoms with Gasteiger partial charge in [-0.1, -0.05) is 13.0 Å². The fraction of sp³-hybridized carbons (Fsp3) is 0.588. The van der Waals surface area contributed by atoms with Crippen molar-refractivity contribution < 1.29 is 0 Å². The second-order valence-corrected chi connectivity index (χ2v) is 6.36. The maximum atomic E-state index is 6.15. The molecule has 1 aliphatic rings. The number of rotatable bonds is 4. The van der Waals surface area contributed by atoms with E-state index in [1.807, 2.05) is 0 Å². The molecule has 0 spiro atoms. The van der Waals surface area contributed by atoms with Crippen LogP contribution in [0.4, 0.5) is 0 Å². The minimum atomic E-state index is 0.489. The molecule has 0 atom stereocenters. The Hall–Kier alpha value is -1.06. The number of aromatic nitrogens is 2. The van der Waals surface area contributed by atoms with Crippen molar-refractivity contribution in [2.24, 2.45) is 0 Å². The Morgan fingerprint density at radius 2 is 2.05 bits per heavy atom. The van der Waals surface area contributed by atoms with Crippen LogP contribution in [0.5, 0.6) is 0 Å². The summed E-state index contributed by atoms with van der Waals surface area (Å²) in [5.41, 5.74) is 3.58. The third-order valence-corrected chi connectivity index (χ3v) is 4.74. The quantitative estimate of drug-likeness (QED) is 0.792. The monoisotopic (exact) mass is 305 g/mol. The molecule has 1 aliphatic heterocycles. The van der Waals surface area contributed by atoms with Crippen LogP contribution in [0.2, 0.25) is 0 Å². The summed E-state index contributed by atoms with van der Waals surface area (Å²) >= 11 is 6.15. The van der Waals surface area contributed by atoms with E-state index >= 15 is 0 Å². The van der Waals surface area contributed by atoms with E-state index < -0.39 is 0 Å². The fourth-order valence-corrected chi connectivity index (χ4v) is 3.67. The first-order valence-electron chi connectivity index (χ1n) is 7.98. The molecule has 3 rings (SSSR count). The van der Waals surface area contributed by atoms with E-state index in [4.69, 9.17) is 16.6 Å². The second kappa shape index (κ2) is 6.37. The first kappa shape index (κ1) is 14.9. The van der Waals surface area contributed by atoms with E-state index in [1.54, 1.807) is 0 Å². The normalized spacial score (nSPS) is 17.7. The van der Waals surface area contributed by atoms with Gasteiger partial charge in [0.05, 0.1) is 16.9 Å². The van der Waals surface area contributed by atoms with Crippen LogP contribution >= 0.6 is 11.6 Å². The Morgan fingerprint density at radius 1 is 1.29 bits per heavy atom. The molecule has 2 aromatic rings. The number of hydrogen-bond donors (Lipinski definition) is 0. The van der Waals surface area contributed by atoms with Gasteiger partial charge in [-0.25, -0.2) is 4.98 Å². The van der Waals surface area contributed by atoms with E-state index in [9.17, 15) is 0 Å². The highest BCUT2D eigenvalue weighted by Gasteiger charge is 2.23. The predicted molar refractivity (Wildman–Crippen MR) is 89.0 cm³/mol. The van der Waals surface area contributed by atoms with Gasteiger partial charge in [0.15, 0.2) is 0 Å². The van der Waals surface area contributed by atoms with Gasteiger partial charge in [0, 0.05) is 19.1 Å². The van der Waals surface area contributed by atoms with Crippen LogP contribution < -0.4 is 0 Å². The van der Waals surface area contributed by atoms with Gasteiger partial charge in [-0.05, 0) is 50.4 Å². The summed E-state index contributed by atoms with van der Waals surface area (Å²) in [5.74, 6) is 1.51. The SMILES string of the molecule is CCCN1CCC(n2c(CCl)nc3cc(C)ccc32)CC1. The van der Waals surface area contributed by atoms with Crippen molar-refractivity contribution in [3.8, 4) is 0 Å². The number of fused-ring (bicyclic) bond motifs is 1. The maximum absolute atomic E-state index is 6.15. The van der Waals surface area contributed by atoms with Crippen molar-refractivity contribution in [2.45, 2.75) is 45.0 Å². The summed E-state index contributed by atoms with van der Waals surface area (Å²) in [5, 5.41) is 0. The Balaban J connectivity index is 1.89. The summed E-state index contributed by atoms with van der Waals surface area (Å²) in [6, 6.07) is 7.07.